The van der Waals surface area contributed by atoms with Crippen molar-refractivity contribution in [1.29, 1.82) is 0 Å². The number of hydrogen-bond donors (Lipinski definition) is 1. The highest BCUT2D eigenvalue weighted by Crippen LogP contribution is 2.28. The SMILES string of the molecule is CCNC(Cc1ccn(C2CCCC2)n1)C(OC)OC. The molecule has 0 amide bonds. The van der Waals surface area contributed by atoms with Gasteiger partial charge >= 0.3 is 0 Å². The van der Waals surface area contributed by atoms with Gasteiger partial charge in [-0.1, -0.05) is 19.8 Å². The van der Waals surface area contributed by atoms with Crippen LogP contribution >= 0.6 is 0 Å². The van der Waals surface area contributed by atoms with Gasteiger partial charge in [0.15, 0.2) is 6.29 Å². The lowest BCUT2D eigenvalue weighted by Gasteiger charge is -2.24. The summed E-state index contributed by atoms with van der Waals surface area (Å²) in [5.41, 5.74) is 1.10. The molecule has 0 bridgehead atoms. The lowest BCUT2D eigenvalue weighted by atomic mass is 10.1. The van der Waals surface area contributed by atoms with Gasteiger partial charge in [0.05, 0.1) is 17.8 Å². The van der Waals surface area contributed by atoms with Gasteiger partial charge in [0.2, 0.25) is 0 Å². The number of rotatable bonds is 8. The zero-order chi connectivity index (χ0) is 14.4. The third-order valence-corrected chi connectivity index (χ3v) is 4.05. The van der Waals surface area contributed by atoms with Crippen LogP contribution in [0.3, 0.4) is 0 Å². The highest BCUT2D eigenvalue weighted by molar-refractivity contribution is 5.03. The average molecular weight is 281 g/mol. The first-order valence-corrected chi connectivity index (χ1v) is 7.61. The third kappa shape index (κ3) is 3.81. The molecule has 1 N–H and O–H groups in total. The summed E-state index contributed by atoms with van der Waals surface area (Å²) in [5.74, 6) is 0. The van der Waals surface area contributed by atoms with Crippen LogP contribution in [0.5, 0.6) is 0 Å². The summed E-state index contributed by atoms with van der Waals surface area (Å²) in [6.07, 6.45) is 7.87. The first kappa shape index (κ1) is 15.5. The molecule has 1 aliphatic rings. The molecule has 5 nitrogen and oxygen atoms in total. The molecule has 1 aromatic rings. The van der Waals surface area contributed by atoms with Crippen LogP contribution < -0.4 is 5.32 Å². The minimum absolute atomic E-state index is 0.127. The minimum atomic E-state index is -0.244. The second-order valence-corrected chi connectivity index (χ2v) is 5.43. The summed E-state index contributed by atoms with van der Waals surface area (Å²) in [4.78, 5) is 0. The normalized spacial score (nSPS) is 18.0. The van der Waals surface area contributed by atoms with Crippen LogP contribution in [0.2, 0.25) is 0 Å². The quantitative estimate of drug-likeness (QED) is 0.742. The van der Waals surface area contributed by atoms with Crippen molar-refractivity contribution in [3.8, 4) is 0 Å². The maximum Gasteiger partial charge on any atom is 0.172 e. The molecule has 1 unspecified atom stereocenters. The summed E-state index contributed by atoms with van der Waals surface area (Å²) in [6, 6.07) is 2.84. The van der Waals surface area contributed by atoms with Gasteiger partial charge in [-0.2, -0.15) is 5.10 Å². The van der Waals surface area contributed by atoms with E-state index in [0.29, 0.717) is 6.04 Å². The van der Waals surface area contributed by atoms with E-state index in [1.165, 1.54) is 25.7 Å². The molecule has 20 heavy (non-hydrogen) atoms. The Morgan fingerprint density at radius 2 is 2.05 bits per heavy atom. The molecule has 1 aromatic heterocycles. The highest BCUT2D eigenvalue weighted by atomic mass is 16.7. The number of nitrogens with zero attached hydrogens (tertiary/aromatic N) is 2. The average Bonchev–Trinajstić information content (AvgIpc) is 3.10. The smallest absolute Gasteiger partial charge is 0.172 e. The molecule has 5 heteroatoms. The van der Waals surface area contributed by atoms with Crippen molar-refractivity contribution in [2.45, 2.75) is 57.4 Å². The van der Waals surface area contributed by atoms with Crippen molar-refractivity contribution in [2.75, 3.05) is 20.8 Å². The van der Waals surface area contributed by atoms with Crippen molar-refractivity contribution in [3.63, 3.8) is 0 Å². The number of likely N-dealkylation sites (N-methyl/N-ethyl adjacent to an activating group) is 1. The Bertz CT molecular complexity index is 384. The molecular formula is C15H27N3O2. The fourth-order valence-electron chi connectivity index (χ4n) is 3.04. The van der Waals surface area contributed by atoms with E-state index in [9.17, 15) is 0 Å². The molecule has 1 atom stereocenters. The van der Waals surface area contributed by atoms with Gasteiger partial charge < -0.3 is 14.8 Å². The molecule has 2 rings (SSSR count). The molecule has 0 aromatic carbocycles. The van der Waals surface area contributed by atoms with E-state index >= 15 is 0 Å². The summed E-state index contributed by atoms with van der Waals surface area (Å²) >= 11 is 0. The van der Waals surface area contributed by atoms with Crippen molar-refractivity contribution in [2.24, 2.45) is 0 Å². The van der Waals surface area contributed by atoms with Crippen LogP contribution in [0.4, 0.5) is 0 Å². The van der Waals surface area contributed by atoms with Crippen LogP contribution in [0, 0.1) is 0 Å². The maximum atomic E-state index is 5.37. The van der Waals surface area contributed by atoms with Crippen LogP contribution in [0.15, 0.2) is 12.3 Å². The second-order valence-electron chi connectivity index (χ2n) is 5.43. The van der Waals surface area contributed by atoms with Gasteiger partial charge in [-0.25, -0.2) is 0 Å². The van der Waals surface area contributed by atoms with Crippen molar-refractivity contribution in [3.05, 3.63) is 18.0 Å². The Morgan fingerprint density at radius 3 is 2.65 bits per heavy atom. The lowest BCUT2D eigenvalue weighted by molar-refractivity contribution is -0.122. The summed E-state index contributed by atoms with van der Waals surface area (Å²) in [6.45, 7) is 2.98. The van der Waals surface area contributed by atoms with Crippen molar-refractivity contribution in [1.82, 2.24) is 15.1 Å². The molecule has 0 saturated heterocycles. The van der Waals surface area contributed by atoms with Crippen LogP contribution in [0.25, 0.3) is 0 Å². The zero-order valence-electron chi connectivity index (χ0n) is 12.8. The molecule has 0 radical (unpaired) electrons. The van der Waals surface area contributed by atoms with Crippen LogP contribution in [-0.2, 0) is 15.9 Å². The topological polar surface area (TPSA) is 48.3 Å². The van der Waals surface area contributed by atoms with Crippen molar-refractivity contribution >= 4 is 0 Å². The number of nitrogens with one attached hydrogen (secondary N) is 1. The Kier molecular flexibility index (Phi) is 6.01. The molecule has 0 spiro atoms. The molecular weight excluding hydrogens is 254 g/mol. The maximum absolute atomic E-state index is 5.37. The summed E-state index contributed by atoms with van der Waals surface area (Å²) in [5, 5.41) is 8.14. The predicted octanol–water partition coefficient (Wildman–Crippen LogP) is 2.14. The van der Waals surface area contributed by atoms with Gasteiger partial charge in [-0.05, 0) is 25.5 Å². The number of ether oxygens (including phenoxy) is 2. The summed E-state index contributed by atoms with van der Waals surface area (Å²) in [7, 11) is 3.35. The molecule has 1 saturated carbocycles. The second kappa shape index (κ2) is 7.76. The lowest BCUT2D eigenvalue weighted by Crippen LogP contribution is -2.43. The van der Waals surface area contributed by atoms with E-state index in [-0.39, 0.29) is 12.3 Å². The summed E-state index contributed by atoms with van der Waals surface area (Å²) < 4.78 is 12.9. The standard InChI is InChI=1S/C15H27N3O2/c1-4-16-14(15(19-2)20-3)11-12-9-10-18(17-12)13-7-5-6-8-13/h9-10,13-16H,4-8,11H2,1-3H3. The van der Waals surface area contributed by atoms with E-state index in [4.69, 9.17) is 14.6 Å². The van der Waals surface area contributed by atoms with E-state index in [1.54, 1.807) is 14.2 Å². The van der Waals surface area contributed by atoms with E-state index < -0.39 is 0 Å². The predicted molar refractivity (Wildman–Crippen MR) is 78.7 cm³/mol. The number of methoxy groups -OCH3 is 2. The third-order valence-electron chi connectivity index (χ3n) is 4.05. The number of aromatic nitrogens is 2. The molecule has 114 valence electrons. The van der Waals surface area contributed by atoms with Gasteiger partial charge in [0.25, 0.3) is 0 Å². The molecule has 1 fully saturated rings. The Hall–Kier alpha value is -0.910. The highest BCUT2D eigenvalue weighted by Gasteiger charge is 2.22. The monoisotopic (exact) mass is 281 g/mol. The van der Waals surface area contributed by atoms with Crippen LogP contribution in [0.1, 0.15) is 44.3 Å². The largest absolute Gasteiger partial charge is 0.354 e. The first-order chi connectivity index (χ1) is 9.78. The van der Waals surface area contributed by atoms with E-state index in [0.717, 1.165) is 18.7 Å². The minimum Gasteiger partial charge on any atom is -0.354 e. The molecule has 1 heterocycles. The fraction of sp³-hybridized carbons (Fsp3) is 0.800. The molecule has 0 aliphatic heterocycles. The van der Waals surface area contributed by atoms with Gasteiger partial charge in [-0.3, -0.25) is 4.68 Å². The Balaban J connectivity index is 1.98. The fourth-order valence-corrected chi connectivity index (χ4v) is 3.04. The van der Waals surface area contributed by atoms with E-state index in [2.05, 4.69) is 29.2 Å². The first-order valence-electron chi connectivity index (χ1n) is 7.61. The van der Waals surface area contributed by atoms with Crippen molar-refractivity contribution < 1.29 is 9.47 Å². The van der Waals surface area contributed by atoms with Gasteiger partial charge in [0.1, 0.15) is 0 Å². The zero-order valence-corrected chi connectivity index (χ0v) is 12.8. The number of hydrogen-bond acceptors (Lipinski definition) is 4. The van der Waals surface area contributed by atoms with E-state index in [1.807, 2.05) is 0 Å². The Labute approximate surface area is 121 Å². The molecule has 1 aliphatic carbocycles. The van der Waals surface area contributed by atoms with Gasteiger partial charge in [0, 0.05) is 26.8 Å². The Morgan fingerprint density at radius 1 is 1.35 bits per heavy atom. The van der Waals surface area contributed by atoms with Gasteiger partial charge in [-0.15, -0.1) is 0 Å². The van der Waals surface area contributed by atoms with Crippen LogP contribution in [-0.4, -0.2) is 42.9 Å².